The number of benzene rings is 12. The maximum Gasteiger partial charge on any atom is 0.0552 e. The lowest BCUT2D eigenvalue weighted by Crippen LogP contribution is -2.06. The minimum absolute atomic E-state index is 1.12. The molecule has 76 heavy (non-hydrogen) atoms. The molecule has 0 unspecified atom stereocenters. The molecule has 362 valence electrons. The van der Waals surface area contributed by atoms with Gasteiger partial charge < -0.3 is 9.13 Å². The van der Waals surface area contributed by atoms with Crippen molar-refractivity contribution in [3.63, 3.8) is 0 Å². The number of aromatic nitrogens is 2. The van der Waals surface area contributed by atoms with Crippen molar-refractivity contribution in [1.29, 1.82) is 0 Å². The fourth-order valence-electron chi connectivity index (χ4n) is 11.9. The molecule has 0 aliphatic heterocycles. The van der Waals surface area contributed by atoms with Crippen LogP contribution < -0.4 is 0 Å². The zero-order chi connectivity index (χ0) is 50.5. The summed E-state index contributed by atoms with van der Waals surface area (Å²) in [5.74, 6) is 0. The molecule has 2 nitrogen and oxygen atoms in total. The van der Waals surface area contributed by atoms with Gasteiger partial charge in [-0.3, -0.25) is 0 Å². The van der Waals surface area contributed by atoms with Crippen LogP contribution >= 0.6 is 20.1 Å². The highest BCUT2D eigenvalue weighted by molar-refractivity contribution is 8.34. The monoisotopic (exact) mass is 1010 g/mol. The second-order valence-electron chi connectivity index (χ2n) is 19.2. The van der Waals surface area contributed by atoms with Crippen molar-refractivity contribution in [2.75, 3.05) is 0 Å². The van der Waals surface area contributed by atoms with Crippen molar-refractivity contribution in [1.82, 2.24) is 9.13 Å². The van der Waals surface area contributed by atoms with Gasteiger partial charge in [-0.05, 0) is 145 Å². The molecule has 12 aromatic carbocycles. The first-order valence-electron chi connectivity index (χ1n) is 26.0. The van der Waals surface area contributed by atoms with Crippen LogP contribution in [0.1, 0.15) is 0 Å². The second-order valence-corrected chi connectivity index (χ2v) is 25.4. The van der Waals surface area contributed by atoms with Crippen LogP contribution in [0.3, 0.4) is 0 Å². The molecular weight excluding hydrogens is 957 g/mol. The van der Waals surface area contributed by atoms with Gasteiger partial charge in [0.1, 0.15) is 0 Å². The summed E-state index contributed by atoms with van der Waals surface area (Å²) in [6.07, 6.45) is 0. The number of para-hydroxylation sites is 2. The molecule has 2 aromatic heterocycles. The Kier molecular flexibility index (Phi) is 11.4. The number of nitrogens with zero attached hydrogens (tertiary/aromatic N) is 2. The van der Waals surface area contributed by atoms with E-state index >= 15 is 0 Å². The molecule has 0 amide bonds. The summed E-state index contributed by atoms with van der Waals surface area (Å²) >= 11 is 0. The summed E-state index contributed by atoms with van der Waals surface area (Å²) in [6.45, 7) is 0. The van der Waals surface area contributed by atoms with E-state index in [1.54, 1.807) is 0 Å². The largest absolute Gasteiger partial charge is 0.309 e. The molecule has 4 heteroatoms. The van der Waals surface area contributed by atoms with Crippen LogP contribution in [0.2, 0.25) is 0 Å². The summed E-state index contributed by atoms with van der Waals surface area (Å²) in [6, 6.07) is 117. The zero-order valence-corrected chi connectivity index (χ0v) is 43.4. The average Bonchev–Trinajstić information content (AvgIpc) is 4.13. The molecule has 14 aromatic rings. The molecule has 0 aliphatic carbocycles. The van der Waals surface area contributed by atoms with Crippen LogP contribution in [-0.4, -0.2) is 9.13 Å². The summed E-state index contributed by atoms with van der Waals surface area (Å²) < 4.78 is 4.99. The molecule has 2 heterocycles. The van der Waals surface area contributed by atoms with Gasteiger partial charge in [0.25, 0.3) is 0 Å². The lowest BCUT2D eigenvalue weighted by molar-refractivity contribution is 1.14. The Labute approximate surface area is 447 Å². The van der Waals surface area contributed by atoms with Gasteiger partial charge in [-0.1, -0.05) is 182 Å². The van der Waals surface area contributed by atoms with E-state index in [9.17, 15) is 0 Å². The van der Waals surface area contributed by atoms with E-state index < -0.39 is 20.1 Å². The third-order valence-electron chi connectivity index (χ3n) is 15.1. The fraction of sp³-hybridized carbons (Fsp3) is 0. The fourth-order valence-corrected chi connectivity index (χ4v) is 19.9. The number of hydrogen-bond acceptors (Lipinski definition) is 0. The van der Waals surface area contributed by atoms with Crippen molar-refractivity contribution in [2.24, 2.45) is 0 Å². The molecule has 0 aliphatic rings. The first-order valence-corrected chi connectivity index (χ1v) is 29.2. The van der Waals surface area contributed by atoms with Gasteiger partial charge in [-0.15, -0.1) is 20.1 Å². The standard InChI is InChI=1S/C72H52N2S2/c1-7-26-53(27-8-1)54-28-23-40-62(50-54)76(60-36-15-5-16-37-60,61-38-17-6-18-39-61)71-47-25-46-70-72(71)65-43-20-22-45-68(65)74(70)56-48-49-69-66(52-56)64-42-19-21-44-67(64)73(69)55-29-24-41-63(51-55)75(57-30-9-2-10-31-57,58-32-11-3-12-33-58)59-34-13-4-14-35-59/h1-52H. The predicted octanol–water partition coefficient (Wildman–Crippen LogP) is 20.2. The van der Waals surface area contributed by atoms with Crippen LogP contribution in [0.25, 0.3) is 66.1 Å². The van der Waals surface area contributed by atoms with Gasteiger partial charge in [0, 0.05) is 72.1 Å². The molecule has 0 fully saturated rings. The molecule has 0 saturated carbocycles. The van der Waals surface area contributed by atoms with Crippen LogP contribution in [-0.2, 0) is 0 Å². The number of rotatable bonds is 11. The molecular formula is C72H52N2S2. The minimum Gasteiger partial charge on any atom is -0.309 e. The molecule has 0 atom stereocenters. The lowest BCUT2D eigenvalue weighted by atomic mass is 10.1. The van der Waals surface area contributed by atoms with Crippen LogP contribution in [0.5, 0.6) is 0 Å². The first kappa shape index (κ1) is 45.5. The number of hydrogen-bond donors (Lipinski definition) is 0. The third kappa shape index (κ3) is 7.21. The summed E-state index contributed by atoms with van der Waals surface area (Å²) in [7, 11) is -4.01. The average molecular weight is 1010 g/mol. The Morgan fingerprint density at radius 1 is 0.211 bits per heavy atom. The SMILES string of the molecule is c1ccc(-c2cccc(S(c3ccccc3)(c3ccccc3)c3cccc4c3c3ccccc3n4-c3ccc4c(c3)c3ccccc3n4-c3cccc(S(c4ccccc4)(c4ccccc4)c4ccccc4)c3)c2)cc1. The Balaban J connectivity index is 1.00. The molecule has 0 N–H and O–H groups in total. The van der Waals surface area contributed by atoms with Crippen LogP contribution in [0, 0.1) is 0 Å². The van der Waals surface area contributed by atoms with Crippen molar-refractivity contribution < 1.29 is 0 Å². The quantitative estimate of drug-likeness (QED) is 0.122. The van der Waals surface area contributed by atoms with E-state index in [0.29, 0.717) is 0 Å². The predicted molar refractivity (Wildman–Crippen MR) is 321 cm³/mol. The Bertz CT molecular complexity index is 4240. The van der Waals surface area contributed by atoms with E-state index in [1.807, 2.05) is 0 Å². The van der Waals surface area contributed by atoms with E-state index in [0.717, 1.165) is 11.4 Å². The van der Waals surface area contributed by atoms with Gasteiger partial charge in [0.2, 0.25) is 0 Å². The van der Waals surface area contributed by atoms with Crippen LogP contribution in [0.4, 0.5) is 0 Å². The van der Waals surface area contributed by atoms with E-state index in [-0.39, 0.29) is 0 Å². The summed E-state index contributed by atoms with van der Waals surface area (Å²) in [5.41, 5.74) is 9.37. The molecule has 0 saturated heterocycles. The highest BCUT2D eigenvalue weighted by Crippen LogP contribution is 2.76. The highest BCUT2D eigenvalue weighted by atomic mass is 32.3. The van der Waals surface area contributed by atoms with Crippen molar-refractivity contribution in [3.8, 4) is 22.5 Å². The number of fused-ring (bicyclic) bond motifs is 6. The minimum atomic E-state index is -2.10. The van der Waals surface area contributed by atoms with Gasteiger partial charge in [0.05, 0.1) is 22.1 Å². The van der Waals surface area contributed by atoms with Gasteiger partial charge in [0.15, 0.2) is 0 Å². The van der Waals surface area contributed by atoms with Gasteiger partial charge >= 0.3 is 0 Å². The smallest absolute Gasteiger partial charge is 0.0552 e. The van der Waals surface area contributed by atoms with Gasteiger partial charge in [-0.25, -0.2) is 0 Å². The van der Waals surface area contributed by atoms with E-state index in [1.165, 1.54) is 93.9 Å². The maximum atomic E-state index is 2.51. The Morgan fingerprint density at radius 3 is 1.17 bits per heavy atom. The molecule has 0 bridgehead atoms. The van der Waals surface area contributed by atoms with Crippen LogP contribution in [0.15, 0.2) is 355 Å². The first-order chi connectivity index (χ1) is 37.7. The zero-order valence-electron chi connectivity index (χ0n) is 41.7. The topological polar surface area (TPSA) is 9.86 Å². The normalized spacial score (nSPS) is 12.4. The molecule has 0 radical (unpaired) electrons. The highest BCUT2D eigenvalue weighted by Gasteiger charge is 2.37. The van der Waals surface area contributed by atoms with E-state index in [4.69, 9.17) is 0 Å². The third-order valence-corrected chi connectivity index (χ3v) is 22.9. The molecule has 0 spiro atoms. The van der Waals surface area contributed by atoms with Crippen molar-refractivity contribution >= 4 is 63.7 Å². The Morgan fingerprint density at radius 2 is 0.592 bits per heavy atom. The summed E-state index contributed by atoms with van der Waals surface area (Å²) in [5, 5.41) is 4.93. The van der Waals surface area contributed by atoms with Gasteiger partial charge in [-0.2, -0.15) is 0 Å². The lowest BCUT2D eigenvalue weighted by Gasteiger charge is -2.42. The van der Waals surface area contributed by atoms with E-state index in [2.05, 4.69) is 325 Å². The van der Waals surface area contributed by atoms with Crippen molar-refractivity contribution in [2.45, 2.75) is 39.2 Å². The maximum absolute atomic E-state index is 2.51. The second kappa shape index (κ2) is 19.0. The summed E-state index contributed by atoms with van der Waals surface area (Å²) in [4.78, 5) is 10.4. The Hall–Kier alpha value is -9.06. The molecule has 14 rings (SSSR count). The van der Waals surface area contributed by atoms with Crippen molar-refractivity contribution in [3.05, 3.63) is 315 Å².